The van der Waals surface area contributed by atoms with E-state index in [-0.39, 0.29) is 21.9 Å². The SMILES string of the molecule is [2H]C([2H])([2H])Oc1c(Cl)cc(C(=O)OC)cc1C#N. The molecule has 0 aliphatic heterocycles. The molecule has 0 aliphatic rings. The fraction of sp³-hybridized carbons (Fsp3) is 0.200. The van der Waals surface area contributed by atoms with Crippen LogP contribution in [0.4, 0.5) is 0 Å². The maximum atomic E-state index is 11.3. The van der Waals surface area contributed by atoms with Gasteiger partial charge in [0.15, 0.2) is 5.75 Å². The standard InChI is InChI=1S/C10H8ClNO3/c1-14-9-7(5-12)3-6(4-8(9)11)10(13)15-2/h3-4H,1-2H3/i1D3. The predicted octanol–water partition coefficient (Wildman–Crippen LogP) is 2.01. The van der Waals surface area contributed by atoms with Crippen molar-refractivity contribution in [2.45, 2.75) is 0 Å². The van der Waals surface area contributed by atoms with Crippen molar-refractivity contribution in [3.63, 3.8) is 0 Å². The van der Waals surface area contributed by atoms with Gasteiger partial charge in [-0.05, 0) is 12.1 Å². The Labute approximate surface area is 96.2 Å². The third-order valence-corrected chi connectivity index (χ3v) is 1.97. The molecule has 0 fully saturated rings. The van der Waals surface area contributed by atoms with Gasteiger partial charge in [-0.15, -0.1) is 0 Å². The first-order valence-electron chi connectivity index (χ1n) is 5.29. The Kier molecular flexibility index (Phi) is 2.35. The number of nitrogens with zero attached hydrogens (tertiary/aromatic N) is 1. The summed E-state index contributed by atoms with van der Waals surface area (Å²) in [5.41, 5.74) is -0.115. The zero-order valence-electron chi connectivity index (χ0n) is 10.7. The number of halogens is 1. The van der Waals surface area contributed by atoms with Crippen LogP contribution in [0.25, 0.3) is 0 Å². The molecule has 15 heavy (non-hydrogen) atoms. The molecule has 0 saturated carbocycles. The monoisotopic (exact) mass is 228 g/mol. The number of ether oxygens (including phenoxy) is 2. The van der Waals surface area contributed by atoms with Crippen LogP contribution in [0.1, 0.15) is 20.0 Å². The van der Waals surface area contributed by atoms with Gasteiger partial charge in [0, 0.05) is 0 Å². The molecule has 0 spiro atoms. The smallest absolute Gasteiger partial charge is 0.337 e. The first-order chi connectivity index (χ1) is 8.28. The van der Waals surface area contributed by atoms with Crippen LogP contribution in [0.5, 0.6) is 5.75 Å². The van der Waals surface area contributed by atoms with Crippen molar-refractivity contribution in [1.29, 1.82) is 5.26 Å². The number of carbonyl (C=O) groups excluding carboxylic acids is 1. The molecule has 0 unspecified atom stereocenters. The summed E-state index contributed by atoms with van der Waals surface area (Å²) in [6, 6.07) is 4.04. The second-order valence-corrected chi connectivity index (χ2v) is 2.95. The van der Waals surface area contributed by atoms with E-state index in [9.17, 15) is 4.79 Å². The van der Waals surface area contributed by atoms with E-state index in [1.165, 1.54) is 13.2 Å². The molecule has 0 aliphatic carbocycles. The van der Waals surface area contributed by atoms with Crippen LogP contribution >= 0.6 is 11.6 Å². The van der Waals surface area contributed by atoms with Gasteiger partial charge in [0.2, 0.25) is 0 Å². The van der Waals surface area contributed by atoms with Crippen molar-refractivity contribution in [3.05, 3.63) is 28.3 Å². The molecule has 1 rings (SSSR count). The number of hydrogen-bond acceptors (Lipinski definition) is 4. The minimum atomic E-state index is -2.73. The van der Waals surface area contributed by atoms with E-state index in [0.29, 0.717) is 0 Å². The van der Waals surface area contributed by atoms with Gasteiger partial charge < -0.3 is 9.47 Å². The van der Waals surface area contributed by atoms with Crippen molar-refractivity contribution < 1.29 is 18.4 Å². The van der Waals surface area contributed by atoms with Gasteiger partial charge in [-0.25, -0.2) is 4.79 Å². The van der Waals surface area contributed by atoms with Gasteiger partial charge in [-0.3, -0.25) is 0 Å². The molecule has 0 radical (unpaired) electrons. The Morgan fingerprint density at radius 1 is 1.67 bits per heavy atom. The molecule has 0 saturated heterocycles. The van der Waals surface area contributed by atoms with E-state index in [2.05, 4.69) is 9.47 Å². The maximum absolute atomic E-state index is 11.3. The van der Waals surface area contributed by atoms with E-state index in [1.807, 2.05) is 0 Å². The number of methoxy groups -OCH3 is 2. The molecule has 0 bridgehead atoms. The van der Waals surface area contributed by atoms with Crippen molar-refractivity contribution in [2.24, 2.45) is 0 Å². The maximum Gasteiger partial charge on any atom is 0.337 e. The molecular weight excluding hydrogens is 218 g/mol. The van der Waals surface area contributed by atoms with Gasteiger partial charge in [0.25, 0.3) is 0 Å². The van der Waals surface area contributed by atoms with Crippen molar-refractivity contribution in [2.75, 3.05) is 14.1 Å². The molecule has 1 aromatic carbocycles. The summed E-state index contributed by atoms with van der Waals surface area (Å²) in [6.45, 7) is 0. The molecule has 0 aromatic heterocycles. The molecule has 1 aromatic rings. The van der Waals surface area contributed by atoms with Crippen molar-refractivity contribution in [1.82, 2.24) is 0 Å². The molecule has 0 N–H and O–H groups in total. The van der Waals surface area contributed by atoms with E-state index < -0.39 is 13.0 Å². The van der Waals surface area contributed by atoms with Crippen LogP contribution in [0.15, 0.2) is 12.1 Å². The summed E-state index contributed by atoms with van der Waals surface area (Å²) >= 11 is 5.79. The summed E-state index contributed by atoms with van der Waals surface area (Å²) in [5, 5.41) is 8.75. The number of benzene rings is 1. The summed E-state index contributed by atoms with van der Waals surface area (Å²) in [6.07, 6.45) is 0. The third-order valence-electron chi connectivity index (χ3n) is 1.69. The van der Waals surface area contributed by atoms with Gasteiger partial charge in [0.1, 0.15) is 6.07 Å². The van der Waals surface area contributed by atoms with E-state index >= 15 is 0 Å². The fourth-order valence-corrected chi connectivity index (χ4v) is 1.27. The highest BCUT2D eigenvalue weighted by molar-refractivity contribution is 6.32. The summed E-state index contributed by atoms with van der Waals surface area (Å²) in [4.78, 5) is 11.3. The minimum absolute atomic E-state index is 0.0388. The van der Waals surface area contributed by atoms with E-state index in [4.69, 9.17) is 21.0 Å². The Morgan fingerprint density at radius 2 is 2.40 bits per heavy atom. The Morgan fingerprint density at radius 3 is 2.93 bits per heavy atom. The number of carbonyl (C=O) groups is 1. The Balaban J connectivity index is 3.30. The van der Waals surface area contributed by atoms with Crippen LogP contribution in [0.2, 0.25) is 5.02 Å². The molecule has 0 heterocycles. The third kappa shape index (κ3) is 2.20. The Bertz CT molecular complexity index is 522. The van der Waals surface area contributed by atoms with Crippen LogP contribution in [-0.4, -0.2) is 20.1 Å². The molecular formula is C10H8ClNO3. The number of hydrogen-bond donors (Lipinski definition) is 0. The molecule has 78 valence electrons. The second kappa shape index (κ2) is 4.67. The van der Waals surface area contributed by atoms with E-state index in [1.54, 1.807) is 6.07 Å². The summed E-state index contributed by atoms with van der Waals surface area (Å²) in [7, 11) is -1.56. The lowest BCUT2D eigenvalue weighted by atomic mass is 10.1. The average molecular weight is 229 g/mol. The van der Waals surface area contributed by atoms with Crippen molar-refractivity contribution >= 4 is 17.6 Å². The largest absolute Gasteiger partial charge is 0.494 e. The minimum Gasteiger partial charge on any atom is -0.494 e. The quantitative estimate of drug-likeness (QED) is 0.727. The lowest BCUT2D eigenvalue weighted by Crippen LogP contribution is -2.02. The topological polar surface area (TPSA) is 59.3 Å². The second-order valence-electron chi connectivity index (χ2n) is 2.54. The van der Waals surface area contributed by atoms with Crippen molar-refractivity contribution in [3.8, 4) is 11.8 Å². The highest BCUT2D eigenvalue weighted by Crippen LogP contribution is 2.29. The zero-order chi connectivity index (χ0) is 13.9. The molecule has 0 atom stereocenters. The summed E-state index contributed by atoms with van der Waals surface area (Å²) in [5.74, 6) is -0.972. The van der Waals surface area contributed by atoms with Crippen LogP contribution in [-0.2, 0) is 4.74 Å². The van der Waals surface area contributed by atoms with Gasteiger partial charge in [0.05, 0.1) is 34.4 Å². The number of esters is 1. The summed E-state index contributed by atoms with van der Waals surface area (Å²) < 4.78 is 30.0. The zero-order valence-corrected chi connectivity index (χ0v) is 8.46. The lowest BCUT2D eigenvalue weighted by molar-refractivity contribution is 0.0600. The number of rotatable bonds is 2. The average Bonchev–Trinajstić information content (AvgIpc) is 2.28. The highest BCUT2D eigenvalue weighted by atomic mass is 35.5. The Hall–Kier alpha value is -1.73. The van der Waals surface area contributed by atoms with Gasteiger partial charge in [-0.1, -0.05) is 11.6 Å². The normalized spacial score (nSPS) is 13.0. The molecule has 0 amide bonds. The first kappa shape index (κ1) is 7.55. The number of nitriles is 1. The van der Waals surface area contributed by atoms with Gasteiger partial charge >= 0.3 is 5.97 Å². The van der Waals surface area contributed by atoms with Crippen LogP contribution in [0, 0.1) is 11.3 Å². The first-order valence-corrected chi connectivity index (χ1v) is 4.17. The molecule has 4 nitrogen and oxygen atoms in total. The van der Waals surface area contributed by atoms with Crippen LogP contribution in [0.3, 0.4) is 0 Å². The highest BCUT2D eigenvalue weighted by Gasteiger charge is 2.14. The molecule has 5 heteroatoms. The van der Waals surface area contributed by atoms with Gasteiger partial charge in [-0.2, -0.15) is 5.26 Å². The van der Waals surface area contributed by atoms with Crippen LogP contribution < -0.4 is 4.74 Å². The van der Waals surface area contributed by atoms with E-state index in [0.717, 1.165) is 6.07 Å². The lowest BCUT2D eigenvalue weighted by Gasteiger charge is -2.07. The predicted molar refractivity (Wildman–Crippen MR) is 54.1 cm³/mol. The fourth-order valence-electron chi connectivity index (χ4n) is 1.02.